The smallest absolute Gasteiger partial charge is 0.237 e. The van der Waals surface area contributed by atoms with Crippen LogP contribution in [0.5, 0.6) is 5.88 Å². The molecular formula is C18H24N2O2. The Morgan fingerprint density at radius 2 is 1.91 bits per heavy atom. The zero-order valence-corrected chi connectivity index (χ0v) is 13.1. The molecule has 1 amide bonds. The lowest BCUT2D eigenvalue weighted by Crippen LogP contribution is -2.49. The summed E-state index contributed by atoms with van der Waals surface area (Å²) in [5.41, 5.74) is 0.711. The van der Waals surface area contributed by atoms with Gasteiger partial charge in [0.1, 0.15) is 5.69 Å². The summed E-state index contributed by atoms with van der Waals surface area (Å²) in [5.74, 6) is 3.90. The summed E-state index contributed by atoms with van der Waals surface area (Å²) >= 11 is 0. The first-order valence-corrected chi connectivity index (χ1v) is 8.63. The third kappa shape index (κ3) is 2.38. The number of pyridine rings is 1. The van der Waals surface area contributed by atoms with Crippen molar-refractivity contribution in [2.24, 2.45) is 29.6 Å². The Balaban J connectivity index is 1.51. The fraction of sp³-hybridized carbons (Fsp3) is 0.667. The Morgan fingerprint density at radius 1 is 1.23 bits per heavy atom. The number of carbonyl (C=O) groups is 1. The van der Waals surface area contributed by atoms with Gasteiger partial charge in [-0.25, -0.2) is 4.98 Å². The maximum atomic E-state index is 12.9. The van der Waals surface area contributed by atoms with Crippen molar-refractivity contribution in [3.8, 4) is 5.88 Å². The molecule has 4 fully saturated rings. The Hall–Kier alpha value is -1.58. The number of aromatic nitrogens is 1. The molecule has 0 aromatic carbocycles. The summed E-state index contributed by atoms with van der Waals surface area (Å²) in [6, 6.07) is 3.72. The number of hydrogen-bond donors (Lipinski definition) is 1. The molecule has 4 heteroatoms. The van der Waals surface area contributed by atoms with Crippen molar-refractivity contribution in [3.05, 3.63) is 18.3 Å². The second kappa shape index (κ2) is 5.56. The maximum absolute atomic E-state index is 12.9. The molecule has 4 saturated carbocycles. The predicted molar refractivity (Wildman–Crippen MR) is 84.6 cm³/mol. The summed E-state index contributed by atoms with van der Waals surface area (Å²) in [6.45, 7) is 2.48. The number of anilines is 1. The first-order valence-electron chi connectivity index (χ1n) is 8.63. The highest BCUT2D eigenvalue weighted by molar-refractivity contribution is 5.94. The van der Waals surface area contributed by atoms with Crippen molar-refractivity contribution >= 4 is 11.6 Å². The Morgan fingerprint density at radius 3 is 2.55 bits per heavy atom. The molecule has 5 rings (SSSR count). The molecular weight excluding hydrogens is 276 g/mol. The van der Waals surface area contributed by atoms with E-state index in [2.05, 4.69) is 10.3 Å². The van der Waals surface area contributed by atoms with Gasteiger partial charge < -0.3 is 10.1 Å². The van der Waals surface area contributed by atoms with E-state index in [1.54, 1.807) is 6.20 Å². The number of rotatable bonds is 4. The standard InChI is InChI=1S/C18H24N2O2/c1-2-22-18-15(4-3-5-19-18)20-17(21)16-13-7-11-6-12(9-13)10-14(16)8-11/h3-5,11-14,16H,2,6-10H2,1H3,(H,20,21). The summed E-state index contributed by atoms with van der Waals surface area (Å²) in [7, 11) is 0. The van der Waals surface area contributed by atoms with Gasteiger partial charge in [0.05, 0.1) is 6.61 Å². The van der Waals surface area contributed by atoms with Crippen LogP contribution in [0.2, 0.25) is 0 Å². The van der Waals surface area contributed by atoms with E-state index in [1.807, 2.05) is 19.1 Å². The number of nitrogens with one attached hydrogen (secondary N) is 1. The van der Waals surface area contributed by atoms with Crippen LogP contribution in [0.15, 0.2) is 18.3 Å². The molecule has 0 spiro atoms. The molecule has 1 aromatic heterocycles. The normalized spacial score (nSPS) is 35.4. The molecule has 22 heavy (non-hydrogen) atoms. The van der Waals surface area contributed by atoms with Crippen molar-refractivity contribution in [2.75, 3.05) is 11.9 Å². The van der Waals surface area contributed by atoms with Gasteiger partial charge in [-0.3, -0.25) is 4.79 Å². The average molecular weight is 300 g/mol. The average Bonchev–Trinajstić information content (AvgIpc) is 2.48. The van der Waals surface area contributed by atoms with Crippen molar-refractivity contribution < 1.29 is 9.53 Å². The maximum Gasteiger partial charge on any atom is 0.237 e. The highest BCUT2D eigenvalue weighted by Gasteiger charge is 2.50. The van der Waals surface area contributed by atoms with E-state index in [-0.39, 0.29) is 11.8 Å². The highest BCUT2D eigenvalue weighted by atomic mass is 16.5. The van der Waals surface area contributed by atoms with Crippen molar-refractivity contribution in [3.63, 3.8) is 0 Å². The molecule has 118 valence electrons. The molecule has 4 nitrogen and oxygen atoms in total. The van der Waals surface area contributed by atoms with Crippen molar-refractivity contribution in [2.45, 2.75) is 39.0 Å². The number of hydrogen-bond acceptors (Lipinski definition) is 3. The molecule has 0 aliphatic heterocycles. The van der Waals surface area contributed by atoms with Crippen LogP contribution in [0.25, 0.3) is 0 Å². The molecule has 1 N–H and O–H groups in total. The SMILES string of the molecule is CCOc1ncccc1NC(=O)C1C2CC3CC(C2)CC1C3. The van der Waals surface area contributed by atoms with Gasteiger partial charge in [-0.2, -0.15) is 0 Å². The van der Waals surface area contributed by atoms with Crippen LogP contribution in [-0.4, -0.2) is 17.5 Å². The third-order valence-corrected chi connectivity index (χ3v) is 5.84. The summed E-state index contributed by atoms with van der Waals surface area (Å²) in [6.07, 6.45) is 8.15. The largest absolute Gasteiger partial charge is 0.476 e. The second-order valence-electron chi connectivity index (χ2n) is 7.23. The topological polar surface area (TPSA) is 51.2 Å². The minimum atomic E-state index is 0.183. The number of ether oxygens (including phenoxy) is 1. The Labute approximate surface area is 131 Å². The minimum absolute atomic E-state index is 0.183. The van der Waals surface area contributed by atoms with E-state index < -0.39 is 0 Å². The van der Waals surface area contributed by atoms with Gasteiger partial charge in [-0.1, -0.05) is 0 Å². The first-order chi connectivity index (χ1) is 10.7. The van der Waals surface area contributed by atoms with Crippen LogP contribution >= 0.6 is 0 Å². The molecule has 4 aliphatic carbocycles. The van der Waals surface area contributed by atoms with Crippen LogP contribution in [0.1, 0.15) is 39.0 Å². The van der Waals surface area contributed by atoms with E-state index >= 15 is 0 Å². The number of carbonyl (C=O) groups excluding carboxylic acids is 1. The molecule has 4 aliphatic rings. The highest BCUT2D eigenvalue weighted by Crippen LogP contribution is 2.56. The fourth-order valence-corrected chi connectivity index (χ4v) is 5.31. The second-order valence-corrected chi connectivity index (χ2v) is 7.23. The van der Waals surface area contributed by atoms with E-state index in [4.69, 9.17) is 4.74 Å². The Kier molecular flexibility index (Phi) is 3.55. The van der Waals surface area contributed by atoms with Crippen LogP contribution in [0.3, 0.4) is 0 Å². The quantitative estimate of drug-likeness (QED) is 0.926. The zero-order chi connectivity index (χ0) is 15.1. The van der Waals surface area contributed by atoms with Crippen molar-refractivity contribution in [1.29, 1.82) is 0 Å². The van der Waals surface area contributed by atoms with Crippen LogP contribution in [0, 0.1) is 29.6 Å². The van der Waals surface area contributed by atoms with Crippen LogP contribution in [-0.2, 0) is 4.79 Å². The zero-order valence-electron chi connectivity index (χ0n) is 13.1. The predicted octanol–water partition coefficient (Wildman–Crippen LogP) is 3.49. The van der Waals surface area contributed by atoms with Gasteiger partial charge >= 0.3 is 0 Å². The molecule has 0 unspecified atom stereocenters. The molecule has 0 atom stereocenters. The lowest BCUT2D eigenvalue weighted by atomic mass is 9.51. The molecule has 4 bridgehead atoms. The van der Waals surface area contributed by atoms with E-state index in [0.717, 1.165) is 11.8 Å². The molecule has 0 radical (unpaired) electrons. The van der Waals surface area contributed by atoms with Gasteiger partial charge in [0.25, 0.3) is 0 Å². The monoisotopic (exact) mass is 300 g/mol. The van der Waals surface area contributed by atoms with E-state index in [1.165, 1.54) is 32.1 Å². The summed E-state index contributed by atoms with van der Waals surface area (Å²) in [5, 5.41) is 3.10. The molecule has 0 saturated heterocycles. The molecule has 1 aromatic rings. The van der Waals surface area contributed by atoms with Gasteiger partial charge in [0, 0.05) is 12.1 Å². The van der Waals surface area contributed by atoms with E-state index in [9.17, 15) is 4.79 Å². The fourth-order valence-electron chi connectivity index (χ4n) is 5.31. The lowest BCUT2D eigenvalue weighted by Gasteiger charge is -2.53. The van der Waals surface area contributed by atoms with Crippen LogP contribution < -0.4 is 10.1 Å². The third-order valence-electron chi connectivity index (χ3n) is 5.84. The van der Waals surface area contributed by atoms with Gasteiger partial charge in [-0.05, 0) is 74.8 Å². The number of nitrogens with zero attached hydrogens (tertiary/aromatic N) is 1. The Bertz CT molecular complexity index is 544. The van der Waals surface area contributed by atoms with Gasteiger partial charge in [0.15, 0.2) is 0 Å². The lowest BCUT2D eigenvalue weighted by molar-refractivity contribution is -0.132. The summed E-state index contributed by atoms with van der Waals surface area (Å²) < 4.78 is 5.52. The van der Waals surface area contributed by atoms with Gasteiger partial charge in [-0.15, -0.1) is 0 Å². The van der Waals surface area contributed by atoms with Crippen LogP contribution in [0.4, 0.5) is 5.69 Å². The minimum Gasteiger partial charge on any atom is -0.476 e. The van der Waals surface area contributed by atoms with Gasteiger partial charge in [0.2, 0.25) is 11.8 Å². The van der Waals surface area contributed by atoms with E-state index in [0.29, 0.717) is 30.0 Å². The summed E-state index contributed by atoms with van der Waals surface area (Å²) in [4.78, 5) is 17.1. The molecule has 1 heterocycles. The number of amides is 1. The first kappa shape index (κ1) is 14.0. The van der Waals surface area contributed by atoms with Crippen molar-refractivity contribution in [1.82, 2.24) is 4.98 Å².